The molecule has 0 saturated heterocycles. The van der Waals surface area contributed by atoms with E-state index in [0.29, 0.717) is 0 Å². The normalized spacial score (nSPS) is 10.6. The Bertz CT molecular complexity index is 374. The van der Waals surface area contributed by atoms with E-state index in [0.717, 1.165) is 11.5 Å². The van der Waals surface area contributed by atoms with E-state index < -0.39 is 0 Å². The van der Waals surface area contributed by atoms with Crippen molar-refractivity contribution in [2.45, 2.75) is 32.9 Å². The second-order valence-electron chi connectivity index (χ2n) is 4.28. The van der Waals surface area contributed by atoms with E-state index in [9.17, 15) is 0 Å². The highest BCUT2D eigenvalue weighted by Gasteiger charge is 2.09. The van der Waals surface area contributed by atoms with Gasteiger partial charge in [-0.3, -0.25) is 0 Å². The average molecular weight is 205 g/mol. The topological polar surface area (TPSA) is 73.7 Å². The molecule has 1 heterocycles. The third-order valence-corrected chi connectivity index (χ3v) is 1.61. The van der Waals surface area contributed by atoms with Crippen LogP contribution in [0.15, 0.2) is 23.3 Å². The van der Waals surface area contributed by atoms with E-state index in [-0.39, 0.29) is 12.1 Å². The molecule has 0 atom stereocenters. The van der Waals surface area contributed by atoms with Crippen molar-refractivity contribution >= 4 is 5.82 Å². The zero-order valence-corrected chi connectivity index (χ0v) is 9.23. The van der Waals surface area contributed by atoms with Gasteiger partial charge in [0.05, 0.1) is 6.54 Å². The van der Waals surface area contributed by atoms with Gasteiger partial charge in [-0.25, -0.2) is 4.98 Å². The molecule has 0 aliphatic heterocycles. The molecular formula is C10H15N5. The van der Waals surface area contributed by atoms with Crippen LogP contribution < -0.4 is 5.32 Å². The Kier molecular flexibility index (Phi) is 3.52. The van der Waals surface area contributed by atoms with Crippen LogP contribution in [0.2, 0.25) is 0 Å². The molecule has 1 N–H and O–H groups in total. The summed E-state index contributed by atoms with van der Waals surface area (Å²) in [6.45, 7) is 6.48. The van der Waals surface area contributed by atoms with E-state index >= 15 is 0 Å². The first-order valence-corrected chi connectivity index (χ1v) is 4.76. The first kappa shape index (κ1) is 11.3. The molecule has 15 heavy (non-hydrogen) atoms. The molecule has 1 aromatic heterocycles. The summed E-state index contributed by atoms with van der Waals surface area (Å²) in [7, 11) is 0. The third kappa shape index (κ3) is 4.33. The van der Waals surface area contributed by atoms with E-state index in [1.54, 1.807) is 0 Å². The number of anilines is 1. The Balaban J connectivity index is 2.78. The van der Waals surface area contributed by atoms with E-state index in [1.807, 2.05) is 18.2 Å². The van der Waals surface area contributed by atoms with Gasteiger partial charge in [0.2, 0.25) is 0 Å². The fourth-order valence-corrected chi connectivity index (χ4v) is 1.13. The average Bonchev–Trinajstić information content (AvgIpc) is 2.12. The lowest BCUT2D eigenvalue weighted by atomic mass is 10.1. The molecule has 0 amide bonds. The number of hydrogen-bond acceptors (Lipinski definition) is 3. The molecule has 0 fully saturated rings. The van der Waals surface area contributed by atoms with Crippen molar-refractivity contribution in [1.82, 2.24) is 4.98 Å². The van der Waals surface area contributed by atoms with Gasteiger partial charge in [0.1, 0.15) is 5.82 Å². The number of hydrogen-bond donors (Lipinski definition) is 1. The summed E-state index contributed by atoms with van der Waals surface area (Å²) in [5.74, 6) is 0.799. The zero-order valence-electron chi connectivity index (χ0n) is 9.23. The minimum Gasteiger partial charge on any atom is -0.365 e. The summed E-state index contributed by atoms with van der Waals surface area (Å²) < 4.78 is 0. The van der Waals surface area contributed by atoms with Crippen LogP contribution in [0.1, 0.15) is 26.5 Å². The summed E-state index contributed by atoms with van der Waals surface area (Å²) in [6, 6.07) is 5.62. The molecule has 1 rings (SSSR count). The van der Waals surface area contributed by atoms with Crippen LogP contribution in [0.5, 0.6) is 0 Å². The van der Waals surface area contributed by atoms with Crippen molar-refractivity contribution in [3.63, 3.8) is 0 Å². The highest BCUT2D eigenvalue weighted by atomic mass is 15.1. The van der Waals surface area contributed by atoms with Gasteiger partial charge in [-0.2, -0.15) is 0 Å². The number of rotatable bonds is 3. The van der Waals surface area contributed by atoms with Crippen molar-refractivity contribution in [3.8, 4) is 0 Å². The maximum Gasteiger partial charge on any atom is 0.126 e. The molecule has 0 aliphatic carbocycles. The molecule has 0 spiro atoms. The van der Waals surface area contributed by atoms with Crippen molar-refractivity contribution < 1.29 is 0 Å². The maximum absolute atomic E-state index is 8.20. The quantitative estimate of drug-likeness (QED) is 0.467. The Hall–Kier alpha value is -1.74. The van der Waals surface area contributed by atoms with Crippen molar-refractivity contribution in [2.75, 3.05) is 5.32 Å². The molecule has 1 aromatic rings. The fraction of sp³-hybridized carbons (Fsp3) is 0.500. The van der Waals surface area contributed by atoms with Crippen LogP contribution in [-0.4, -0.2) is 10.5 Å². The monoisotopic (exact) mass is 205 g/mol. The molecule has 0 radical (unpaired) electrons. The van der Waals surface area contributed by atoms with Crippen LogP contribution in [0.4, 0.5) is 5.82 Å². The van der Waals surface area contributed by atoms with Crippen LogP contribution in [0.25, 0.3) is 10.4 Å². The van der Waals surface area contributed by atoms with Gasteiger partial charge < -0.3 is 5.32 Å². The van der Waals surface area contributed by atoms with Gasteiger partial charge in [0.25, 0.3) is 0 Å². The Labute approximate surface area is 89.2 Å². The van der Waals surface area contributed by atoms with E-state index in [4.69, 9.17) is 5.53 Å². The maximum atomic E-state index is 8.20. The van der Waals surface area contributed by atoms with Crippen molar-refractivity contribution in [2.24, 2.45) is 5.11 Å². The number of aromatic nitrogens is 1. The first-order chi connectivity index (χ1) is 7.01. The highest BCUT2D eigenvalue weighted by molar-refractivity contribution is 5.37. The van der Waals surface area contributed by atoms with Gasteiger partial charge in [0.15, 0.2) is 0 Å². The second kappa shape index (κ2) is 4.66. The van der Waals surface area contributed by atoms with Gasteiger partial charge >= 0.3 is 0 Å². The second-order valence-corrected chi connectivity index (χ2v) is 4.28. The zero-order chi connectivity index (χ0) is 11.3. The van der Waals surface area contributed by atoms with Crippen LogP contribution in [0.3, 0.4) is 0 Å². The minimum atomic E-state index is -0.0237. The molecule has 0 saturated carbocycles. The van der Waals surface area contributed by atoms with Gasteiger partial charge in [-0.05, 0) is 38.4 Å². The SMILES string of the molecule is CC(C)(C)Nc1cccc(CN=[N+]=[N-])n1. The predicted molar refractivity (Wildman–Crippen MR) is 60.5 cm³/mol. The van der Waals surface area contributed by atoms with Crippen LogP contribution in [-0.2, 0) is 6.54 Å². The molecule has 5 heteroatoms. The summed E-state index contributed by atoms with van der Waals surface area (Å²) >= 11 is 0. The predicted octanol–water partition coefficient (Wildman–Crippen LogP) is 3.10. The molecule has 0 bridgehead atoms. The van der Waals surface area contributed by atoms with Crippen LogP contribution in [0, 0.1) is 0 Å². The Morgan fingerprint density at radius 3 is 2.80 bits per heavy atom. The molecule has 80 valence electrons. The largest absolute Gasteiger partial charge is 0.365 e. The number of azide groups is 1. The summed E-state index contributed by atoms with van der Waals surface area (Å²) in [5.41, 5.74) is 8.94. The lowest BCUT2D eigenvalue weighted by Crippen LogP contribution is -2.26. The minimum absolute atomic E-state index is 0.0237. The smallest absolute Gasteiger partial charge is 0.126 e. The van der Waals surface area contributed by atoms with Crippen molar-refractivity contribution in [1.29, 1.82) is 0 Å². The summed E-state index contributed by atoms with van der Waals surface area (Å²) in [6.07, 6.45) is 0. The third-order valence-electron chi connectivity index (χ3n) is 1.61. The lowest BCUT2D eigenvalue weighted by Gasteiger charge is -2.21. The Morgan fingerprint density at radius 2 is 2.20 bits per heavy atom. The molecule has 0 aromatic carbocycles. The first-order valence-electron chi connectivity index (χ1n) is 4.76. The van der Waals surface area contributed by atoms with Crippen molar-refractivity contribution in [3.05, 3.63) is 34.3 Å². The molecule has 5 nitrogen and oxygen atoms in total. The summed E-state index contributed by atoms with van der Waals surface area (Å²) in [5, 5.41) is 6.72. The number of pyridine rings is 1. The molecular weight excluding hydrogens is 190 g/mol. The van der Waals surface area contributed by atoms with E-state index in [2.05, 4.69) is 41.1 Å². The number of nitrogens with zero attached hydrogens (tertiary/aromatic N) is 4. The molecule has 0 aliphatic rings. The van der Waals surface area contributed by atoms with Crippen LogP contribution >= 0.6 is 0 Å². The fourth-order valence-electron chi connectivity index (χ4n) is 1.13. The highest BCUT2D eigenvalue weighted by Crippen LogP contribution is 2.12. The van der Waals surface area contributed by atoms with Gasteiger partial charge in [0, 0.05) is 16.1 Å². The van der Waals surface area contributed by atoms with Gasteiger partial charge in [-0.15, -0.1) is 0 Å². The van der Waals surface area contributed by atoms with E-state index in [1.165, 1.54) is 0 Å². The number of nitrogens with one attached hydrogen (secondary N) is 1. The van der Waals surface area contributed by atoms with Gasteiger partial charge in [-0.1, -0.05) is 11.2 Å². The molecule has 0 unspecified atom stereocenters. The summed E-state index contributed by atoms with van der Waals surface area (Å²) in [4.78, 5) is 7.02. The standard InChI is InChI=1S/C10H15N5/c1-10(2,3)14-9-6-4-5-8(13-9)7-12-15-11/h4-6H,7H2,1-3H3,(H,13,14). The Morgan fingerprint density at radius 1 is 1.47 bits per heavy atom. The lowest BCUT2D eigenvalue weighted by molar-refractivity contribution is 0.629.